The molecule has 112 valence electrons. The van der Waals surface area contributed by atoms with Gasteiger partial charge in [-0.25, -0.2) is 5.84 Å². The van der Waals surface area contributed by atoms with E-state index in [9.17, 15) is 0 Å². The zero-order chi connectivity index (χ0) is 15.4. The lowest BCUT2D eigenvalue weighted by Gasteiger charge is -2.11. The SMILES string of the molecule is CC(C)Oc1nc(NN)nc(Oc2ccc(Cl)cc2Cl)n1. The van der Waals surface area contributed by atoms with E-state index in [2.05, 4.69) is 20.4 Å². The Morgan fingerprint density at radius 3 is 2.48 bits per heavy atom. The number of hydrogen-bond acceptors (Lipinski definition) is 7. The van der Waals surface area contributed by atoms with Crippen LogP contribution in [0.25, 0.3) is 0 Å². The summed E-state index contributed by atoms with van der Waals surface area (Å²) in [5.41, 5.74) is 2.31. The topological polar surface area (TPSA) is 95.2 Å². The van der Waals surface area contributed by atoms with Crippen LogP contribution in [0.3, 0.4) is 0 Å². The van der Waals surface area contributed by atoms with Crippen LogP contribution >= 0.6 is 23.2 Å². The van der Waals surface area contributed by atoms with Crippen molar-refractivity contribution in [3.8, 4) is 17.8 Å². The minimum absolute atomic E-state index is 0.00202. The van der Waals surface area contributed by atoms with Crippen LogP contribution in [0.1, 0.15) is 13.8 Å². The van der Waals surface area contributed by atoms with Gasteiger partial charge >= 0.3 is 12.0 Å². The van der Waals surface area contributed by atoms with Crippen LogP contribution in [0, 0.1) is 0 Å². The van der Waals surface area contributed by atoms with Gasteiger partial charge in [0.2, 0.25) is 5.95 Å². The number of aromatic nitrogens is 3. The van der Waals surface area contributed by atoms with Crippen LogP contribution in [-0.2, 0) is 0 Å². The third-order valence-corrected chi connectivity index (χ3v) is 2.69. The number of nitrogens with zero attached hydrogens (tertiary/aromatic N) is 3. The standard InChI is InChI=1S/C12H13Cl2N5O2/c1-6(2)20-11-16-10(19-15)17-12(18-11)21-9-4-3-7(13)5-8(9)14/h3-6H,15H2,1-2H3,(H,16,17,18,19). The number of hydrazine groups is 1. The van der Waals surface area contributed by atoms with Crippen LogP contribution in [0.15, 0.2) is 18.2 Å². The third kappa shape index (κ3) is 4.32. The molecule has 3 N–H and O–H groups in total. The summed E-state index contributed by atoms with van der Waals surface area (Å²) in [6.45, 7) is 3.69. The molecule has 0 aliphatic rings. The molecule has 2 aromatic rings. The van der Waals surface area contributed by atoms with Crippen LogP contribution in [-0.4, -0.2) is 21.1 Å². The van der Waals surface area contributed by atoms with Crippen molar-refractivity contribution in [3.63, 3.8) is 0 Å². The largest absolute Gasteiger partial charge is 0.461 e. The lowest BCUT2D eigenvalue weighted by molar-refractivity contribution is 0.218. The van der Waals surface area contributed by atoms with Crippen LogP contribution in [0.5, 0.6) is 17.8 Å². The zero-order valence-corrected chi connectivity index (χ0v) is 12.8. The van der Waals surface area contributed by atoms with E-state index in [0.29, 0.717) is 15.8 Å². The molecule has 2 rings (SSSR count). The normalized spacial score (nSPS) is 10.6. The molecule has 1 heterocycles. The van der Waals surface area contributed by atoms with E-state index < -0.39 is 0 Å². The van der Waals surface area contributed by atoms with Crippen molar-refractivity contribution in [2.45, 2.75) is 20.0 Å². The first-order valence-corrected chi connectivity index (χ1v) is 6.76. The molecule has 0 aliphatic heterocycles. The molecule has 0 aliphatic carbocycles. The number of halogens is 2. The second-order valence-electron chi connectivity index (χ2n) is 4.21. The highest BCUT2D eigenvalue weighted by atomic mass is 35.5. The van der Waals surface area contributed by atoms with Gasteiger partial charge in [-0.1, -0.05) is 23.2 Å². The fourth-order valence-electron chi connectivity index (χ4n) is 1.37. The highest BCUT2D eigenvalue weighted by Crippen LogP contribution is 2.30. The van der Waals surface area contributed by atoms with E-state index >= 15 is 0 Å². The van der Waals surface area contributed by atoms with Gasteiger partial charge in [-0.05, 0) is 32.0 Å². The summed E-state index contributed by atoms with van der Waals surface area (Å²) in [6, 6.07) is 4.88. The fraction of sp³-hybridized carbons (Fsp3) is 0.250. The number of hydrogen-bond donors (Lipinski definition) is 2. The maximum absolute atomic E-state index is 6.03. The fourth-order valence-corrected chi connectivity index (χ4v) is 1.82. The molecule has 0 spiro atoms. The number of benzene rings is 1. The predicted octanol–water partition coefficient (Wildman–Crippen LogP) is 3.04. The molecule has 0 amide bonds. The highest BCUT2D eigenvalue weighted by Gasteiger charge is 2.12. The van der Waals surface area contributed by atoms with Crippen molar-refractivity contribution in [1.29, 1.82) is 0 Å². The monoisotopic (exact) mass is 329 g/mol. The lowest BCUT2D eigenvalue weighted by Crippen LogP contribution is -2.15. The van der Waals surface area contributed by atoms with Crippen molar-refractivity contribution >= 4 is 29.2 Å². The average molecular weight is 330 g/mol. The zero-order valence-electron chi connectivity index (χ0n) is 11.3. The van der Waals surface area contributed by atoms with Crippen molar-refractivity contribution in [2.75, 3.05) is 5.43 Å². The maximum atomic E-state index is 6.03. The van der Waals surface area contributed by atoms with Crippen LogP contribution < -0.4 is 20.7 Å². The van der Waals surface area contributed by atoms with Gasteiger partial charge in [0.05, 0.1) is 11.1 Å². The second kappa shape index (κ2) is 6.75. The van der Waals surface area contributed by atoms with E-state index in [1.165, 1.54) is 0 Å². The third-order valence-electron chi connectivity index (χ3n) is 2.16. The molecule has 7 nitrogen and oxygen atoms in total. The maximum Gasteiger partial charge on any atom is 0.330 e. The molecule has 0 radical (unpaired) electrons. The van der Waals surface area contributed by atoms with Gasteiger partial charge in [-0.2, -0.15) is 9.97 Å². The van der Waals surface area contributed by atoms with Gasteiger partial charge in [-0.15, -0.1) is 4.98 Å². The Kier molecular flexibility index (Phi) is 5.00. The number of nitrogens with two attached hydrogens (primary N) is 1. The Morgan fingerprint density at radius 2 is 1.86 bits per heavy atom. The molecular formula is C12H13Cl2N5O2. The number of anilines is 1. The summed E-state index contributed by atoms with van der Waals surface area (Å²) in [4.78, 5) is 11.9. The first kappa shape index (κ1) is 15.6. The van der Waals surface area contributed by atoms with Gasteiger partial charge in [0.1, 0.15) is 5.75 Å². The minimum Gasteiger partial charge on any atom is -0.461 e. The van der Waals surface area contributed by atoms with Crippen molar-refractivity contribution < 1.29 is 9.47 Å². The van der Waals surface area contributed by atoms with E-state index in [-0.39, 0.29) is 24.1 Å². The quantitative estimate of drug-likeness (QED) is 0.642. The van der Waals surface area contributed by atoms with Crippen molar-refractivity contribution in [2.24, 2.45) is 5.84 Å². The van der Waals surface area contributed by atoms with Gasteiger partial charge < -0.3 is 9.47 Å². The average Bonchev–Trinajstić information content (AvgIpc) is 2.41. The van der Waals surface area contributed by atoms with Gasteiger partial charge in [0, 0.05) is 5.02 Å². The van der Waals surface area contributed by atoms with Gasteiger partial charge in [0.15, 0.2) is 0 Å². The molecule has 0 unspecified atom stereocenters. The number of nitrogen functional groups attached to an aromatic ring is 1. The Morgan fingerprint density at radius 1 is 1.14 bits per heavy atom. The van der Waals surface area contributed by atoms with Crippen molar-refractivity contribution in [3.05, 3.63) is 28.2 Å². The van der Waals surface area contributed by atoms with E-state index in [1.807, 2.05) is 13.8 Å². The molecule has 21 heavy (non-hydrogen) atoms. The molecule has 0 saturated heterocycles. The highest BCUT2D eigenvalue weighted by molar-refractivity contribution is 6.35. The van der Waals surface area contributed by atoms with Gasteiger partial charge in [-0.3, -0.25) is 5.43 Å². The first-order valence-electron chi connectivity index (χ1n) is 6.00. The molecule has 1 aromatic carbocycles. The summed E-state index contributed by atoms with van der Waals surface area (Å²) in [6.07, 6.45) is -0.106. The molecule has 0 bridgehead atoms. The summed E-state index contributed by atoms with van der Waals surface area (Å²) < 4.78 is 10.9. The Bertz CT molecular complexity index is 639. The Hall–Kier alpha value is -1.83. The molecule has 0 saturated carbocycles. The van der Waals surface area contributed by atoms with Crippen LogP contribution in [0.2, 0.25) is 10.0 Å². The number of rotatable bonds is 5. The van der Waals surface area contributed by atoms with Gasteiger partial charge in [0.25, 0.3) is 0 Å². The number of nitrogens with one attached hydrogen (secondary N) is 1. The summed E-state index contributed by atoms with van der Waals surface area (Å²) in [5.74, 6) is 5.77. The number of ether oxygens (including phenoxy) is 2. The van der Waals surface area contributed by atoms with E-state index in [0.717, 1.165) is 0 Å². The Balaban J connectivity index is 2.29. The molecule has 9 heteroatoms. The van der Waals surface area contributed by atoms with E-state index in [4.69, 9.17) is 38.5 Å². The molecular weight excluding hydrogens is 317 g/mol. The van der Waals surface area contributed by atoms with Crippen LogP contribution in [0.4, 0.5) is 5.95 Å². The summed E-state index contributed by atoms with van der Waals surface area (Å²) in [5, 5.41) is 0.827. The first-order chi connectivity index (χ1) is 9.97. The predicted molar refractivity (Wildman–Crippen MR) is 79.9 cm³/mol. The Labute approximate surface area is 131 Å². The second-order valence-corrected chi connectivity index (χ2v) is 5.06. The molecule has 0 fully saturated rings. The van der Waals surface area contributed by atoms with E-state index in [1.54, 1.807) is 18.2 Å². The van der Waals surface area contributed by atoms with Crippen molar-refractivity contribution in [1.82, 2.24) is 15.0 Å². The molecule has 0 atom stereocenters. The summed E-state index contributed by atoms with van der Waals surface area (Å²) in [7, 11) is 0. The lowest BCUT2D eigenvalue weighted by atomic mass is 10.3. The summed E-state index contributed by atoms with van der Waals surface area (Å²) >= 11 is 11.8. The minimum atomic E-state index is -0.106. The smallest absolute Gasteiger partial charge is 0.330 e. The molecule has 1 aromatic heterocycles.